The van der Waals surface area contributed by atoms with Crippen LogP contribution >= 0.6 is 27.3 Å². The average Bonchev–Trinajstić information content (AvgIpc) is 2.94. The van der Waals surface area contributed by atoms with Crippen LogP contribution in [0.5, 0.6) is 0 Å². The van der Waals surface area contributed by atoms with Crippen LogP contribution in [0.1, 0.15) is 30.8 Å². The van der Waals surface area contributed by atoms with Gasteiger partial charge in [-0.15, -0.1) is 11.3 Å². The van der Waals surface area contributed by atoms with Crippen LogP contribution in [-0.4, -0.2) is 16.1 Å². The van der Waals surface area contributed by atoms with Gasteiger partial charge in [0.15, 0.2) is 0 Å². The highest BCUT2D eigenvalue weighted by atomic mass is 79.9. The van der Waals surface area contributed by atoms with E-state index >= 15 is 0 Å². The first-order chi connectivity index (χ1) is 8.70. The number of thiophene rings is 1. The van der Waals surface area contributed by atoms with Crippen molar-refractivity contribution in [2.75, 3.05) is 6.54 Å². The SMILES string of the molecule is CCCNC(Cc1nccn1C)c1csc(Br)c1. The molecule has 0 bridgehead atoms. The number of aromatic nitrogens is 2. The number of hydrogen-bond donors (Lipinski definition) is 1. The molecule has 2 rings (SSSR count). The molecule has 0 fully saturated rings. The molecule has 1 N–H and O–H groups in total. The number of nitrogens with one attached hydrogen (secondary N) is 1. The second-order valence-electron chi connectivity index (χ2n) is 4.35. The van der Waals surface area contributed by atoms with Gasteiger partial charge >= 0.3 is 0 Å². The van der Waals surface area contributed by atoms with Crippen molar-refractivity contribution in [2.45, 2.75) is 25.8 Å². The summed E-state index contributed by atoms with van der Waals surface area (Å²) < 4.78 is 3.27. The third-order valence-corrected chi connectivity index (χ3v) is 4.46. The molecule has 18 heavy (non-hydrogen) atoms. The highest BCUT2D eigenvalue weighted by molar-refractivity contribution is 9.11. The van der Waals surface area contributed by atoms with E-state index in [1.165, 1.54) is 9.35 Å². The van der Waals surface area contributed by atoms with Crippen molar-refractivity contribution >= 4 is 27.3 Å². The highest BCUT2D eigenvalue weighted by Gasteiger charge is 2.15. The predicted octanol–water partition coefficient (Wildman–Crippen LogP) is 3.53. The van der Waals surface area contributed by atoms with Gasteiger partial charge in [-0.3, -0.25) is 0 Å². The minimum Gasteiger partial charge on any atom is -0.338 e. The minimum atomic E-state index is 0.341. The Balaban J connectivity index is 2.12. The molecule has 3 nitrogen and oxygen atoms in total. The quantitative estimate of drug-likeness (QED) is 0.879. The largest absolute Gasteiger partial charge is 0.338 e. The lowest BCUT2D eigenvalue weighted by molar-refractivity contribution is 0.513. The lowest BCUT2D eigenvalue weighted by Crippen LogP contribution is -2.24. The van der Waals surface area contributed by atoms with Gasteiger partial charge in [0.1, 0.15) is 5.82 Å². The molecule has 2 aromatic heterocycles. The fraction of sp³-hybridized carbons (Fsp3) is 0.462. The summed E-state index contributed by atoms with van der Waals surface area (Å²) >= 11 is 5.26. The molecule has 0 radical (unpaired) electrons. The fourth-order valence-electron chi connectivity index (χ4n) is 1.91. The molecule has 0 aliphatic rings. The molecule has 0 aliphatic carbocycles. The van der Waals surface area contributed by atoms with Crippen LogP contribution in [0.4, 0.5) is 0 Å². The molecule has 2 aromatic rings. The second-order valence-corrected chi connectivity index (χ2v) is 6.64. The maximum atomic E-state index is 4.41. The first-order valence-electron chi connectivity index (χ1n) is 6.14. The molecule has 1 unspecified atom stereocenters. The minimum absolute atomic E-state index is 0.341. The normalized spacial score (nSPS) is 12.8. The molecule has 0 amide bonds. The maximum Gasteiger partial charge on any atom is 0.110 e. The van der Waals surface area contributed by atoms with Gasteiger partial charge in [0, 0.05) is 31.9 Å². The van der Waals surface area contributed by atoms with Gasteiger partial charge in [0.2, 0.25) is 0 Å². The third-order valence-electron chi connectivity index (χ3n) is 2.94. The molecular weight excluding hydrogens is 310 g/mol. The van der Waals surface area contributed by atoms with E-state index in [1.807, 2.05) is 19.4 Å². The standard InChI is InChI=1S/C13H18BrN3S/c1-3-4-15-11(10-7-12(14)18-9-10)8-13-16-5-6-17(13)2/h5-7,9,11,15H,3-4,8H2,1-2H3. The van der Waals surface area contributed by atoms with Crippen LogP contribution in [0.15, 0.2) is 27.6 Å². The van der Waals surface area contributed by atoms with E-state index < -0.39 is 0 Å². The smallest absolute Gasteiger partial charge is 0.110 e. The van der Waals surface area contributed by atoms with Crippen molar-refractivity contribution in [3.8, 4) is 0 Å². The van der Waals surface area contributed by atoms with Gasteiger partial charge < -0.3 is 9.88 Å². The number of hydrogen-bond acceptors (Lipinski definition) is 3. The molecule has 1 atom stereocenters. The van der Waals surface area contributed by atoms with Crippen molar-refractivity contribution in [1.29, 1.82) is 0 Å². The summed E-state index contributed by atoms with van der Waals surface area (Å²) in [6, 6.07) is 2.54. The Labute approximate surface area is 120 Å². The summed E-state index contributed by atoms with van der Waals surface area (Å²) in [5, 5.41) is 5.81. The van der Waals surface area contributed by atoms with Crippen LogP contribution in [0.3, 0.4) is 0 Å². The Bertz CT molecular complexity index is 492. The molecular formula is C13H18BrN3S. The molecule has 0 saturated carbocycles. The van der Waals surface area contributed by atoms with Crippen LogP contribution in [0, 0.1) is 0 Å². The summed E-state index contributed by atoms with van der Waals surface area (Å²) in [6.07, 6.45) is 5.92. The summed E-state index contributed by atoms with van der Waals surface area (Å²) in [6.45, 7) is 3.22. The monoisotopic (exact) mass is 327 g/mol. The fourth-order valence-corrected chi connectivity index (χ4v) is 3.14. The zero-order chi connectivity index (χ0) is 13.0. The molecule has 2 heterocycles. The number of rotatable bonds is 6. The summed E-state index contributed by atoms with van der Waals surface area (Å²) in [7, 11) is 2.04. The van der Waals surface area contributed by atoms with E-state index in [0.717, 1.165) is 25.2 Å². The van der Waals surface area contributed by atoms with Crippen LogP contribution in [-0.2, 0) is 13.5 Å². The van der Waals surface area contributed by atoms with E-state index in [1.54, 1.807) is 11.3 Å². The van der Waals surface area contributed by atoms with Crippen molar-refractivity contribution < 1.29 is 0 Å². The number of imidazole rings is 1. The number of aryl methyl sites for hydroxylation is 1. The number of halogens is 1. The van der Waals surface area contributed by atoms with Crippen LogP contribution in [0.25, 0.3) is 0 Å². The summed E-state index contributed by atoms with van der Waals surface area (Å²) in [4.78, 5) is 4.41. The summed E-state index contributed by atoms with van der Waals surface area (Å²) in [5.74, 6) is 1.12. The van der Waals surface area contributed by atoms with Gasteiger partial charge in [-0.1, -0.05) is 6.92 Å². The summed E-state index contributed by atoms with van der Waals surface area (Å²) in [5.41, 5.74) is 1.34. The Kier molecular flexibility index (Phi) is 4.97. The molecule has 0 aromatic carbocycles. The number of nitrogens with zero attached hydrogens (tertiary/aromatic N) is 2. The highest BCUT2D eigenvalue weighted by Crippen LogP contribution is 2.27. The van der Waals surface area contributed by atoms with E-state index in [4.69, 9.17) is 0 Å². The zero-order valence-corrected chi connectivity index (χ0v) is 13.1. The van der Waals surface area contributed by atoms with Gasteiger partial charge in [-0.25, -0.2) is 4.98 Å². The van der Waals surface area contributed by atoms with Crippen molar-refractivity contribution in [2.24, 2.45) is 7.05 Å². The average molecular weight is 328 g/mol. The Morgan fingerprint density at radius 3 is 2.94 bits per heavy atom. The topological polar surface area (TPSA) is 29.9 Å². The van der Waals surface area contributed by atoms with Crippen LogP contribution < -0.4 is 5.32 Å². The van der Waals surface area contributed by atoms with Gasteiger partial charge in [0.05, 0.1) is 3.79 Å². The first-order valence-corrected chi connectivity index (χ1v) is 7.81. The first kappa shape index (κ1) is 13.8. The van der Waals surface area contributed by atoms with Gasteiger partial charge in [-0.2, -0.15) is 0 Å². The lowest BCUT2D eigenvalue weighted by atomic mass is 10.1. The van der Waals surface area contributed by atoms with Gasteiger partial charge in [-0.05, 0) is 45.9 Å². The molecule has 5 heteroatoms. The van der Waals surface area contributed by atoms with E-state index in [9.17, 15) is 0 Å². The van der Waals surface area contributed by atoms with Gasteiger partial charge in [0.25, 0.3) is 0 Å². The lowest BCUT2D eigenvalue weighted by Gasteiger charge is -2.17. The molecule has 98 valence electrons. The Hall–Kier alpha value is -0.650. The zero-order valence-electron chi connectivity index (χ0n) is 10.7. The van der Waals surface area contributed by atoms with Crippen molar-refractivity contribution in [3.63, 3.8) is 0 Å². The van der Waals surface area contributed by atoms with E-state index in [0.29, 0.717) is 6.04 Å². The predicted molar refractivity (Wildman–Crippen MR) is 80.0 cm³/mol. The molecule has 0 spiro atoms. The second kappa shape index (κ2) is 6.50. The van der Waals surface area contributed by atoms with Crippen LogP contribution in [0.2, 0.25) is 0 Å². The molecule has 0 saturated heterocycles. The Morgan fingerprint density at radius 1 is 1.56 bits per heavy atom. The molecule has 0 aliphatic heterocycles. The van der Waals surface area contributed by atoms with Crippen molar-refractivity contribution in [1.82, 2.24) is 14.9 Å². The van der Waals surface area contributed by atoms with E-state index in [-0.39, 0.29) is 0 Å². The maximum absolute atomic E-state index is 4.41. The third kappa shape index (κ3) is 3.43. The Morgan fingerprint density at radius 2 is 2.39 bits per heavy atom. The van der Waals surface area contributed by atoms with E-state index in [2.05, 4.69) is 49.2 Å². The van der Waals surface area contributed by atoms with Crippen molar-refractivity contribution in [3.05, 3.63) is 39.0 Å².